The molecular formula is C10H18O. The van der Waals surface area contributed by atoms with Crippen molar-refractivity contribution in [2.45, 2.75) is 39.2 Å². The lowest BCUT2D eigenvalue weighted by Crippen LogP contribution is -2.48. The monoisotopic (exact) mass is 154 g/mol. The third-order valence-electron chi connectivity index (χ3n) is 3.09. The molecule has 2 atom stereocenters. The van der Waals surface area contributed by atoms with Crippen molar-refractivity contribution in [2.75, 3.05) is 0 Å². The van der Waals surface area contributed by atoms with Gasteiger partial charge >= 0.3 is 0 Å². The summed E-state index contributed by atoms with van der Waals surface area (Å²) in [5, 5.41) is 9.76. The molecule has 1 saturated carbocycles. The predicted molar refractivity (Wildman–Crippen MR) is 47.3 cm³/mol. The van der Waals surface area contributed by atoms with Crippen molar-refractivity contribution in [3.63, 3.8) is 0 Å². The van der Waals surface area contributed by atoms with E-state index in [1.54, 1.807) is 0 Å². The first-order valence-corrected chi connectivity index (χ1v) is 4.26. The van der Waals surface area contributed by atoms with E-state index in [1.807, 2.05) is 19.9 Å². The van der Waals surface area contributed by atoms with Crippen LogP contribution in [-0.2, 0) is 0 Å². The summed E-state index contributed by atoms with van der Waals surface area (Å²) in [4.78, 5) is 0. The van der Waals surface area contributed by atoms with Crippen LogP contribution in [0.15, 0.2) is 12.7 Å². The Balaban J connectivity index is 2.70. The third-order valence-corrected chi connectivity index (χ3v) is 3.09. The quantitative estimate of drug-likeness (QED) is 0.605. The largest absolute Gasteiger partial charge is 0.390 e. The minimum atomic E-state index is -0.540. The van der Waals surface area contributed by atoms with Gasteiger partial charge in [-0.15, -0.1) is 6.58 Å². The van der Waals surface area contributed by atoms with Crippen LogP contribution in [0.25, 0.3) is 0 Å². The summed E-state index contributed by atoms with van der Waals surface area (Å²) >= 11 is 0. The highest BCUT2D eigenvalue weighted by Gasteiger charge is 2.47. The average Bonchev–Trinajstić information content (AvgIpc) is 1.80. The maximum absolute atomic E-state index is 9.76. The summed E-state index contributed by atoms with van der Waals surface area (Å²) in [6.45, 7) is 9.75. The van der Waals surface area contributed by atoms with Crippen LogP contribution >= 0.6 is 0 Å². The van der Waals surface area contributed by atoms with Gasteiger partial charge in [-0.2, -0.15) is 0 Å². The van der Waals surface area contributed by atoms with Crippen LogP contribution in [0.3, 0.4) is 0 Å². The second kappa shape index (κ2) is 2.34. The van der Waals surface area contributed by atoms with Gasteiger partial charge in [0.05, 0.1) is 5.60 Å². The minimum Gasteiger partial charge on any atom is -0.390 e. The van der Waals surface area contributed by atoms with E-state index in [-0.39, 0.29) is 5.41 Å². The van der Waals surface area contributed by atoms with Crippen LogP contribution in [0.2, 0.25) is 0 Å². The molecule has 1 heteroatoms. The Morgan fingerprint density at radius 3 is 2.27 bits per heavy atom. The molecule has 1 N–H and O–H groups in total. The van der Waals surface area contributed by atoms with Crippen molar-refractivity contribution in [1.82, 2.24) is 0 Å². The third kappa shape index (κ3) is 1.34. The van der Waals surface area contributed by atoms with E-state index in [9.17, 15) is 5.11 Å². The van der Waals surface area contributed by atoms with Gasteiger partial charge in [0.1, 0.15) is 0 Å². The molecule has 1 rings (SSSR count). The lowest BCUT2D eigenvalue weighted by Gasteiger charge is -2.51. The van der Waals surface area contributed by atoms with E-state index in [0.29, 0.717) is 5.92 Å². The molecule has 0 amide bonds. The highest BCUT2D eigenvalue weighted by atomic mass is 16.3. The maximum Gasteiger partial charge on any atom is 0.0627 e. The maximum atomic E-state index is 9.76. The van der Waals surface area contributed by atoms with Crippen LogP contribution in [0, 0.1) is 11.3 Å². The molecular weight excluding hydrogens is 136 g/mol. The normalized spacial score (nSPS) is 38.0. The van der Waals surface area contributed by atoms with Crippen LogP contribution in [0.1, 0.15) is 33.6 Å². The van der Waals surface area contributed by atoms with Crippen LogP contribution in [0.4, 0.5) is 0 Å². The van der Waals surface area contributed by atoms with Crippen molar-refractivity contribution in [2.24, 2.45) is 11.3 Å². The van der Waals surface area contributed by atoms with E-state index in [4.69, 9.17) is 0 Å². The smallest absolute Gasteiger partial charge is 0.0627 e. The van der Waals surface area contributed by atoms with Gasteiger partial charge in [0.25, 0.3) is 0 Å². The molecule has 0 aliphatic heterocycles. The number of hydrogen-bond acceptors (Lipinski definition) is 1. The van der Waals surface area contributed by atoms with Crippen molar-refractivity contribution in [1.29, 1.82) is 0 Å². The lowest BCUT2D eigenvalue weighted by atomic mass is 9.56. The summed E-state index contributed by atoms with van der Waals surface area (Å²) in [6, 6.07) is 0. The molecule has 0 bridgehead atoms. The summed E-state index contributed by atoms with van der Waals surface area (Å²) in [6.07, 6.45) is 4.29. The van der Waals surface area contributed by atoms with E-state index in [2.05, 4.69) is 13.5 Å². The zero-order chi connectivity index (χ0) is 8.70. The molecule has 0 spiro atoms. The van der Waals surface area contributed by atoms with Gasteiger partial charge in [-0.1, -0.05) is 13.0 Å². The molecule has 11 heavy (non-hydrogen) atoms. The number of rotatable bonds is 2. The zero-order valence-electron chi connectivity index (χ0n) is 7.72. The Bertz CT molecular complexity index is 166. The van der Waals surface area contributed by atoms with Crippen molar-refractivity contribution in [3.05, 3.63) is 12.7 Å². The Hall–Kier alpha value is -0.300. The van der Waals surface area contributed by atoms with Crippen LogP contribution in [0.5, 0.6) is 0 Å². The fourth-order valence-electron chi connectivity index (χ4n) is 2.15. The van der Waals surface area contributed by atoms with E-state index >= 15 is 0 Å². The Labute approximate surface area is 69.1 Å². The molecule has 1 nitrogen and oxygen atoms in total. The number of hydrogen-bond donors (Lipinski definition) is 1. The molecule has 0 aromatic carbocycles. The van der Waals surface area contributed by atoms with E-state index < -0.39 is 5.60 Å². The van der Waals surface area contributed by atoms with Gasteiger partial charge < -0.3 is 5.11 Å². The zero-order valence-corrected chi connectivity index (χ0v) is 7.72. The van der Waals surface area contributed by atoms with Crippen molar-refractivity contribution >= 4 is 0 Å². The van der Waals surface area contributed by atoms with Gasteiger partial charge in [-0.05, 0) is 38.0 Å². The summed E-state index contributed by atoms with van der Waals surface area (Å²) in [7, 11) is 0. The minimum absolute atomic E-state index is 0.179. The fourth-order valence-corrected chi connectivity index (χ4v) is 2.15. The average molecular weight is 154 g/mol. The van der Waals surface area contributed by atoms with Gasteiger partial charge in [-0.25, -0.2) is 0 Å². The molecule has 64 valence electrons. The van der Waals surface area contributed by atoms with E-state index in [1.165, 1.54) is 6.42 Å². The first kappa shape index (κ1) is 8.79. The Kier molecular flexibility index (Phi) is 1.87. The van der Waals surface area contributed by atoms with Gasteiger partial charge in [0.2, 0.25) is 0 Å². The molecule has 0 saturated heterocycles. The molecule has 2 unspecified atom stereocenters. The summed E-state index contributed by atoms with van der Waals surface area (Å²) in [5.74, 6) is 0.396. The Morgan fingerprint density at radius 1 is 1.64 bits per heavy atom. The summed E-state index contributed by atoms with van der Waals surface area (Å²) < 4.78 is 0. The number of allylic oxidation sites excluding steroid dienone is 1. The standard InChI is InChI=1S/C10H18O/c1-5-10(4)7-6-8(10)9(2,3)11/h5,8,11H,1,6-7H2,2-4H3. The molecule has 0 aromatic rings. The molecule has 0 radical (unpaired) electrons. The summed E-state index contributed by atoms with van der Waals surface area (Å²) in [5.41, 5.74) is -0.362. The van der Waals surface area contributed by atoms with Crippen molar-refractivity contribution in [3.8, 4) is 0 Å². The second-order valence-electron chi connectivity index (χ2n) is 4.45. The van der Waals surface area contributed by atoms with Crippen LogP contribution < -0.4 is 0 Å². The number of aliphatic hydroxyl groups is 1. The molecule has 0 heterocycles. The highest BCUT2D eigenvalue weighted by molar-refractivity contribution is 5.07. The predicted octanol–water partition coefficient (Wildman–Crippen LogP) is 2.36. The first-order valence-electron chi connectivity index (χ1n) is 4.26. The lowest BCUT2D eigenvalue weighted by molar-refractivity contribution is -0.0819. The van der Waals surface area contributed by atoms with Crippen molar-refractivity contribution < 1.29 is 5.11 Å². The van der Waals surface area contributed by atoms with E-state index in [0.717, 1.165) is 6.42 Å². The van der Waals surface area contributed by atoms with Gasteiger partial charge in [0, 0.05) is 0 Å². The molecule has 1 aliphatic rings. The Morgan fingerprint density at radius 2 is 2.18 bits per heavy atom. The highest BCUT2D eigenvalue weighted by Crippen LogP contribution is 2.52. The fraction of sp³-hybridized carbons (Fsp3) is 0.800. The van der Waals surface area contributed by atoms with Gasteiger partial charge in [0.15, 0.2) is 0 Å². The topological polar surface area (TPSA) is 20.2 Å². The molecule has 0 aromatic heterocycles. The SMILES string of the molecule is C=CC1(C)CCC1C(C)(C)O. The van der Waals surface area contributed by atoms with Gasteiger partial charge in [-0.3, -0.25) is 0 Å². The first-order chi connectivity index (χ1) is 4.90. The van der Waals surface area contributed by atoms with Crippen LogP contribution in [-0.4, -0.2) is 10.7 Å². The second-order valence-corrected chi connectivity index (χ2v) is 4.45. The molecule has 1 aliphatic carbocycles. The molecule has 1 fully saturated rings.